The van der Waals surface area contributed by atoms with Crippen LogP contribution in [0.4, 0.5) is 0 Å². The first-order valence-electron chi connectivity index (χ1n) is 18.7. The van der Waals surface area contributed by atoms with E-state index in [1.54, 1.807) is 12.4 Å². The molecule has 47 heavy (non-hydrogen) atoms. The number of hydrogen-bond acceptors (Lipinski definition) is 5. The van der Waals surface area contributed by atoms with Crippen LogP contribution in [0.2, 0.25) is 0 Å². The molecule has 2 rings (SSSR count). The summed E-state index contributed by atoms with van der Waals surface area (Å²) in [6, 6.07) is 13.3. The molecule has 0 aliphatic heterocycles. The number of carbonyl (C=O) groups excluding carboxylic acids is 3. The Morgan fingerprint density at radius 3 is 1.87 bits per heavy atom. The van der Waals surface area contributed by atoms with E-state index in [0.717, 1.165) is 76.2 Å². The zero-order valence-corrected chi connectivity index (χ0v) is 29.3. The third-order valence-electron chi connectivity index (χ3n) is 8.67. The van der Waals surface area contributed by atoms with E-state index in [-0.39, 0.29) is 17.8 Å². The van der Waals surface area contributed by atoms with Crippen LogP contribution in [0.15, 0.2) is 54.9 Å². The van der Waals surface area contributed by atoms with E-state index in [0.29, 0.717) is 32.4 Å². The molecule has 0 fully saturated rings. The van der Waals surface area contributed by atoms with Gasteiger partial charge in [0.2, 0.25) is 11.8 Å². The molecule has 2 amide bonds. The molecule has 262 valence electrons. The molecule has 2 aromatic rings. The number of amides is 2. The van der Waals surface area contributed by atoms with Gasteiger partial charge in [0, 0.05) is 38.2 Å². The van der Waals surface area contributed by atoms with E-state index in [4.69, 9.17) is 4.74 Å². The number of benzene rings is 1. The monoisotopic (exact) mass is 649 g/mol. The topological polar surface area (TPSA) is 97.4 Å². The number of pyridine rings is 1. The molecule has 0 unspecified atom stereocenters. The first-order valence-corrected chi connectivity index (χ1v) is 18.7. The Hall–Kier alpha value is -3.22. The molecule has 1 aromatic carbocycles. The summed E-state index contributed by atoms with van der Waals surface area (Å²) >= 11 is 0. The third-order valence-corrected chi connectivity index (χ3v) is 8.67. The Morgan fingerprint density at radius 1 is 0.660 bits per heavy atom. The fraction of sp³-hybridized carbons (Fsp3) is 0.650. The number of unbranched alkanes of at least 4 members (excludes halogenated alkanes) is 15. The number of carbonyl (C=O) groups is 3. The van der Waals surface area contributed by atoms with Gasteiger partial charge in [-0.1, -0.05) is 127 Å². The van der Waals surface area contributed by atoms with Gasteiger partial charge in [0.25, 0.3) is 0 Å². The maximum Gasteiger partial charge on any atom is 0.305 e. The maximum absolute atomic E-state index is 13.1. The largest absolute Gasteiger partial charge is 0.466 e. The van der Waals surface area contributed by atoms with Gasteiger partial charge in [0.1, 0.15) is 6.04 Å². The fourth-order valence-electron chi connectivity index (χ4n) is 5.80. The first kappa shape index (κ1) is 40.0. The molecule has 0 aliphatic rings. The van der Waals surface area contributed by atoms with Crippen molar-refractivity contribution in [3.63, 3.8) is 0 Å². The van der Waals surface area contributed by atoms with E-state index < -0.39 is 6.04 Å². The van der Waals surface area contributed by atoms with Crippen molar-refractivity contribution in [2.24, 2.45) is 0 Å². The Kier molecular flexibility index (Phi) is 23.7. The van der Waals surface area contributed by atoms with E-state index >= 15 is 0 Å². The van der Waals surface area contributed by atoms with Crippen LogP contribution in [0.25, 0.3) is 0 Å². The molecule has 0 spiro atoms. The van der Waals surface area contributed by atoms with E-state index in [9.17, 15) is 14.4 Å². The van der Waals surface area contributed by atoms with Gasteiger partial charge >= 0.3 is 5.97 Å². The minimum absolute atomic E-state index is 0.0297. The average molecular weight is 650 g/mol. The SMILES string of the molecule is CCCCCCCCCCCC(=O)N[C@@H](Cc1ccccc1)C(=O)NCCCCCCCCCCC(=O)OCCCc1ccncc1. The van der Waals surface area contributed by atoms with Crippen LogP contribution in [0, 0.1) is 0 Å². The van der Waals surface area contributed by atoms with Crippen molar-refractivity contribution in [1.29, 1.82) is 0 Å². The molecule has 1 atom stereocenters. The molecular formula is C40H63N3O4. The molecular weight excluding hydrogens is 586 g/mol. The standard InChI is InChI=1S/C40H63N3O4/c1-2-3-4-5-6-7-10-13-19-26-38(44)43-37(34-36-23-17-16-18-24-36)40(46)42-30-21-15-12-9-8-11-14-20-27-39(45)47-33-22-25-35-28-31-41-32-29-35/h16-18,23-24,28-29,31-32,37H,2-15,19-22,25-27,30,33-34H2,1H3,(H,42,46)(H,43,44)/t37-/m0/s1. The summed E-state index contributed by atoms with van der Waals surface area (Å²) < 4.78 is 5.36. The highest BCUT2D eigenvalue weighted by molar-refractivity contribution is 5.87. The summed E-state index contributed by atoms with van der Waals surface area (Å²) in [7, 11) is 0. The molecule has 1 heterocycles. The number of rotatable bonds is 29. The Balaban J connectivity index is 1.49. The van der Waals surface area contributed by atoms with Crippen molar-refractivity contribution >= 4 is 17.8 Å². The van der Waals surface area contributed by atoms with Crippen molar-refractivity contribution in [3.8, 4) is 0 Å². The van der Waals surface area contributed by atoms with Gasteiger partial charge in [-0.15, -0.1) is 0 Å². The normalized spacial score (nSPS) is 11.6. The number of aromatic nitrogens is 1. The van der Waals surface area contributed by atoms with Crippen LogP contribution in [0.5, 0.6) is 0 Å². The predicted molar refractivity (Wildman–Crippen MR) is 192 cm³/mol. The molecule has 0 bridgehead atoms. The van der Waals surface area contributed by atoms with Gasteiger partial charge < -0.3 is 15.4 Å². The lowest BCUT2D eigenvalue weighted by molar-refractivity contribution is -0.143. The van der Waals surface area contributed by atoms with Gasteiger partial charge in [-0.25, -0.2) is 0 Å². The van der Waals surface area contributed by atoms with Crippen LogP contribution >= 0.6 is 0 Å². The number of ether oxygens (including phenoxy) is 1. The summed E-state index contributed by atoms with van der Waals surface area (Å²) in [6.07, 6.45) is 26.2. The molecule has 0 saturated carbocycles. The predicted octanol–water partition coefficient (Wildman–Crippen LogP) is 8.83. The van der Waals surface area contributed by atoms with Gasteiger partial charge in [0.05, 0.1) is 6.61 Å². The van der Waals surface area contributed by atoms with Crippen molar-refractivity contribution in [1.82, 2.24) is 15.6 Å². The maximum atomic E-state index is 13.1. The van der Waals surface area contributed by atoms with E-state index in [1.165, 1.54) is 56.9 Å². The smallest absolute Gasteiger partial charge is 0.305 e. The van der Waals surface area contributed by atoms with E-state index in [2.05, 4.69) is 22.5 Å². The van der Waals surface area contributed by atoms with Crippen LogP contribution in [0.1, 0.15) is 146 Å². The lowest BCUT2D eigenvalue weighted by Gasteiger charge is -2.19. The number of aryl methyl sites for hydroxylation is 1. The molecule has 7 heteroatoms. The zero-order chi connectivity index (χ0) is 33.6. The lowest BCUT2D eigenvalue weighted by atomic mass is 10.0. The molecule has 2 N–H and O–H groups in total. The van der Waals surface area contributed by atoms with Gasteiger partial charge in [0.15, 0.2) is 0 Å². The van der Waals surface area contributed by atoms with E-state index in [1.807, 2.05) is 42.5 Å². The van der Waals surface area contributed by atoms with Crippen molar-refractivity contribution in [2.75, 3.05) is 13.2 Å². The van der Waals surface area contributed by atoms with Gasteiger partial charge in [-0.2, -0.15) is 0 Å². The minimum Gasteiger partial charge on any atom is -0.466 e. The quantitative estimate of drug-likeness (QED) is 0.0678. The highest BCUT2D eigenvalue weighted by Gasteiger charge is 2.20. The number of esters is 1. The summed E-state index contributed by atoms with van der Waals surface area (Å²) in [5, 5.41) is 6.09. The highest BCUT2D eigenvalue weighted by Crippen LogP contribution is 2.12. The Bertz CT molecular complexity index is 1060. The van der Waals surface area contributed by atoms with Crippen molar-refractivity contribution < 1.29 is 19.1 Å². The number of nitrogens with one attached hydrogen (secondary N) is 2. The molecule has 0 radical (unpaired) electrons. The Morgan fingerprint density at radius 2 is 1.23 bits per heavy atom. The average Bonchev–Trinajstić information content (AvgIpc) is 3.09. The summed E-state index contributed by atoms with van der Waals surface area (Å²) in [5.74, 6) is -0.217. The second kappa shape index (κ2) is 27.9. The van der Waals surface area contributed by atoms with Crippen LogP contribution in [-0.4, -0.2) is 42.0 Å². The van der Waals surface area contributed by atoms with Gasteiger partial charge in [-0.3, -0.25) is 19.4 Å². The lowest BCUT2D eigenvalue weighted by Crippen LogP contribution is -2.48. The minimum atomic E-state index is -0.548. The fourth-order valence-corrected chi connectivity index (χ4v) is 5.80. The molecule has 7 nitrogen and oxygen atoms in total. The van der Waals surface area contributed by atoms with Crippen LogP contribution < -0.4 is 10.6 Å². The molecule has 1 aromatic heterocycles. The number of hydrogen-bond donors (Lipinski definition) is 2. The van der Waals surface area contributed by atoms with Crippen LogP contribution in [-0.2, 0) is 32.0 Å². The Labute approximate surface area is 285 Å². The second-order valence-electron chi connectivity index (χ2n) is 12.9. The highest BCUT2D eigenvalue weighted by atomic mass is 16.5. The van der Waals surface area contributed by atoms with Gasteiger partial charge in [-0.05, 0) is 55.4 Å². The second-order valence-corrected chi connectivity index (χ2v) is 12.9. The summed E-state index contributed by atoms with van der Waals surface area (Å²) in [5.41, 5.74) is 2.26. The summed E-state index contributed by atoms with van der Waals surface area (Å²) in [4.78, 5) is 41.7. The van der Waals surface area contributed by atoms with Crippen molar-refractivity contribution in [2.45, 2.75) is 154 Å². The molecule has 0 saturated heterocycles. The summed E-state index contributed by atoms with van der Waals surface area (Å²) in [6.45, 7) is 3.34. The molecule has 0 aliphatic carbocycles. The van der Waals surface area contributed by atoms with Crippen molar-refractivity contribution in [3.05, 3.63) is 66.0 Å². The first-order chi connectivity index (χ1) is 23.1. The third kappa shape index (κ3) is 22.1. The number of nitrogens with zero attached hydrogens (tertiary/aromatic N) is 1. The van der Waals surface area contributed by atoms with Crippen LogP contribution in [0.3, 0.4) is 0 Å². The zero-order valence-electron chi connectivity index (χ0n) is 29.3.